The average molecular weight is 601 g/mol. The number of ether oxygens (including phenoxy) is 2. The highest BCUT2D eigenvalue weighted by Crippen LogP contribution is 2.61. The van der Waals surface area contributed by atoms with Crippen LogP contribution in [0.4, 0.5) is 17.6 Å². The van der Waals surface area contributed by atoms with Crippen molar-refractivity contribution in [3.8, 4) is 17.0 Å². The van der Waals surface area contributed by atoms with E-state index in [1.54, 1.807) is 43.3 Å². The molecule has 3 unspecified atom stereocenters. The van der Waals surface area contributed by atoms with E-state index >= 15 is 0 Å². The molecule has 1 aromatic heterocycles. The summed E-state index contributed by atoms with van der Waals surface area (Å²) in [6, 6.07) is 10.7. The molecule has 0 amide bonds. The summed E-state index contributed by atoms with van der Waals surface area (Å²) in [6.45, 7) is 3.80. The molecule has 42 heavy (non-hydrogen) atoms. The second-order valence-corrected chi connectivity index (χ2v) is 12.1. The number of rotatable bonds is 8. The summed E-state index contributed by atoms with van der Waals surface area (Å²) in [5, 5.41) is 0. The van der Waals surface area contributed by atoms with Crippen LogP contribution < -0.4 is 4.74 Å². The van der Waals surface area contributed by atoms with Gasteiger partial charge in [0, 0.05) is 36.8 Å². The summed E-state index contributed by atoms with van der Waals surface area (Å²) < 4.78 is 70.1. The fourth-order valence-corrected chi connectivity index (χ4v) is 7.14. The lowest BCUT2D eigenvalue weighted by atomic mass is 9.88. The van der Waals surface area contributed by atoms with E-state index in [0.717, 1.165) is 42.6 Å². The zero-order valence-corrected chi connectivity index (χ0v) is 24.2. The van der Waals surface area contributed by atoms with Crippen LogP contribution in [-0.2, 0) is 28.7 Å². The number of carbonyl (C=O) groups excluding carboxylic acids is 1. The zero-order chi connectivity index (χ0) is 29.6. The van der Waals surface area contributed by atoms with Crippen LogP contribution in [0.5, 0.6) is 5.88 Å². The third-order valence-electron chi connectivity index (χ3n) is 8.81. The number of hydrogen-bond acceptors (Lipinski definition) is 6. The van der Waals surface area contributed by atoms with Crippen molar-refractivity contribution in [2.75, 3.05) is 26.0 Å². The maximum atomic E-state index is 15.0. The minimum absolute atomic E-state index is 0.0130. The summed E-state index contributed by atoms with van der Waals surface area (Å²) in [5.74, 6) is -0.372. The van der Waals surface area contributed by atoms with Gasteiger partial charge in [-0.1, -0.05) is 36.2 Å². The highest BCUT2D eigenvalue weighted by Gasteiger charge is 2.60. The first-order valence-electron chi connectivity index (χ1n) is 14.2. The molecule has 2 aromatic carbocycles. The maximum absolute atomic E-state index is 15.0. The van der Waals surface area contributed by atoms with E-state index in [2.05, 4.69) is 15.5 Å². The SMILES string of the molecule is CCOC(=O)C1C2Cc3cc(OCc4cc(-c5ccc(C6CCN(SC)CC6)cc5)c(C(F)(F)F)cc4F)ncc3C21. The maximum Gasteiger partial charge on any atom is 0.417 e. The lowest BCUT2D eigenvalue weighted by molar-refractivity contribution is -0.145. The molecule has 3 aromatic rings. The van der Waals surface area contributed by atoms with E-state index < -0.39 is 17.6 Å². The predicted octanol–water partition coefficient (Wildman–Crippen LogP) is 7.39. The van der Waals surface area contributed by atoms with Gasteiger partial charge in [-0.3, -0.25) is 9.10 Å². The van der Waals surface area contributed by atoms with Crippen molar-refractivity contribution < 1.29 is 31.8 Å². The molecule has 0 bridgehead atoms. The van der Waals surface area contributed by atoms with Gasteiger partial charge in [0.1, 0.15) is 12.4 Å². The second-order valence-electron chi connectivity index (χ2n) is 11.2. The van der Waals surface area contributed by atoms with Crippen LogP contribution in [0, 0.1) is 17.7 Å². The molecule has 2 aliphatic carbocycles. The molecule has 6 rings (SSSR count). The molecular formula is C32H32F4N2O3S. The summed E-state index contributed by atoms with van der Waals surface area (Å²) in [6.07, 6.45) is 1.71. The van der Waals surface area contributed by atoms with Crippen LogP contribution in [0.2, 0.25) is 0 Å². The Labute approximate surface area is 246 Å². The van der Waals surface area contributed by atoms with Crippen molar-refractivity contribution >= 4 is 17.9 Å². The first-order chi connectivity index (χ1) is 20.2. The Morgan fingerprint density at radius 3 is 2.52 bits per heavy atom. The first kappa shape index (κ1) is 29.0. The molecule has 0 radical (unpaired) electrons. The Bertz CT molecular complexity index is 1470. The van der Waals surface area contributed by atoms with E-state index in [9.17, 15) is 22.4 Å². The van der Waals surface area contributed by atoms with Crippen LogP contribution in [0.1, 0.15) is 59.4 Å². The van der Waals surface area contributed by atoms with Crippen LogP contribution in [0.15, 0.2) is 48.7 Å². The molecule has 222 valence electrons. The van der Waals surface area contributed by atoms with E-state index in [1.165, 1.54) is 6.07 Å². The molecule has 1 aliphatic heterocycles. The molecule has 5 nitrogen and oxygen atoms in total. The Morgan fingerprint density at radius 2 is 1.86 bits per heavy atom. The number of pyridine rings is 1. The lowest BCUT2D eigenvalue weighted by Crippen LogP contribution is -2.27. The quantitative estimate of drug-likeness (QED) is 0.153. The highest BCUT2D eigenvalue weighted by atomic mass is 32.2. The monoisotopic (exact) mass is 600 g/mol. The minimum Gasteiger partial charge on any atom is -0.473 e. The minimum atomic E-state index is -4.72. The largest absolute Gasteiger partial charge is 0.473 e. The standard InChI is InChI=1S/C32H32F4N2O3S/c1-3-40-31(39)30-24-12-21-14-28(37-16-25(21)29(24)30)41-17-22-13-23(26(15-27(22)33)32(34,35)36)20-6-4-18(5-7-20)19-8-10-38(42-2)11-9-19/h4-7,13-16,19,24,29-30H,3,8-12,17H2,1-2H3. The number of benzene rings is 2. The number of piperidine rings is 1. The van der Waals surface area contributed by atoms with Crippen molar-refractivity contribution in [1.29, 1.82) is 0 Å². The van der Waals surface area contributed by atoms with Gasteiger partial charge in [-0.15, -0.1) is 0 Å². The summed E-state index contributed by atoms with van der Waals surface area (Å²) in [7, 11) is 0. The second kappa shape index (κ2) is 11.5. The van der Waals surface area contributed by atoms with Crippen molar-refractivity contribution in [3.05, 3.63) is 82.3 Å². The Hall–Kier alpha value is -3.11. The number of alkyl halides is 3. The molecule has 2 heterocycles. The van der Waals surface area contributed by atoms with E-state index in [0.29, 0.717) is 30.6 Å². The van der Waals surface area contributed by atoms with Gasteiger partial charge < -0.3 is 9.47 Å². The smallest absolute Gasteiger partial charge is 0.417 e. The number of aromatic nitrogens is 1. The molecule has 1 saturated carbocycles. The van der Waals surface area contributed by atoms with Gasteiger partial charge in [0.25, 0.3) is 0 Å². The van der Waals surface area contributed by atoms with Gasteiger partial charge in [0.05, 0.1) is 18.1 Å². The molecule has 0 N–H and O–H groups in total. The molecule has 3 aliphatic rings. The normalized spacial score (nSPS) is 22.0. The van der Waals surface area contributed by atoms with Gasteiger partial charge in [-0.25, -0.2) is 9.37 Å². The Morgan fingerprint density at radius 1 is 1.12 bits per heavy atom. The van der Waals surface area contributed by atoms with Crippen molar-refractivity contribution in [3.63, 3.8) is 0 Å². The van der Waals surface area contributed by atoms with Crippen LogP contribution in [0.3, 0.4) is 0 Å². The third kappa shape index (κ3) is 5.63. The number of esters is 1. The molecule has 0 spiro atoms. The number of fused-ring (bicyclic) bond motifs is 3. The van der Waals surface area contributed by atoms with Crippen molar-refractivity contribution in [1.82, 2.24) is 9.29 Å². The van der Waals surface area contributed by atoms with Crippen LogP contribution in [-0.4, -0.2) is 41.2 Å². The van der Waals surface area contributed by atoms with Gasteiger partial charge in [0.15, 0.2) is 0 Å². The number of hydrogen-bond donors (Lipinski definition) is 0. The van der Waals surface area contributed by atoms with Crippen LogP contribution >= 0.6 is 11.9 Å². The molecular weight excluding hydrogens is 568 g/mol. The van der Waals surface area contributed by atoms with Crippen LogP contribution in [0.25, 0.3) is 11.1 Å². The first-order valence-corrected chi connectivity index (χ1v) is 15.4. The molecule has 10 heteroatoms. The highest BCUT2D eigenvalue weighted by molar-refractivity contribution is 7.96. The van der Waals surface area contributed by atoms with E-state index in [-0.39, 0.29) is 47.3 Å². The molecule has 3 atom stereocenters. The third-order valence-corrected chi connectivity index (χ3v) is 9.70. The summed E-state index contributed by atoms with van der Waals surface area (Å²) >= 11 is 1.73. The van der Waals surface area contributed by atoms with Crippen molar-refractivity contribution in [2.24, 2.45) is 11.8 Å². The molecule has 2 fully saturated rings. The van der Waals surface area contributed by atoms with E-state index in [4.69, 9.17) is 9.47 Å². The van der Waals surface area contributed by atoms with Crippen molar-refractivity contribution in [2.45, 2.75) is 50.8 Å². The van der Waals surface area contributed by atoms with Gasteiger partial charge in [-0.05, 0) is 84.2 Å². The summed E-state index contributed by atoms with van der Waals surface area (Å²) in [4.78, 5) is 16.5. The average Bonchev–Trinajstić information content (AvgIpc) is 3.57. The summed E-state index contributed by atoms with van der Waals surface area (Å²) in [5.41, 5.74) is 2.40. The van der Waals surface area contributed by atoms with E-state index in [1.807, 2.05) is 12.1 Å². The topological polar surface area (TPSA) is 51.7 Å². The number of nitrogens with zero attached hydrogens (tertiary/aromatic N) is 2. The Balaban J connectivity index is 1.19. The fraction of sp³-hybridized carbons (Fsp3) is 0.438. The van der Waals surface area contributed by atoms with Gasteiger partial charge in [0.2, 0.25) is 5.88 Å². The zero-order valence-electron chi connectivity index (χ0n) is 23.4. The molecule has 1 saturated heterocycles. The fourth-order valence-electron chi connectivity index (χ4n) is 6.57. The van der Waals surface area contributed by atoms with Gasteiger partial charge >= 0.3 is 12.1 Å². The number of carbonyl (C=O) groups is 1. The number of halogens is 4. The van der Waals surface area contributed by atoms with Gasteiger partial charge in [-0.2, -0.15) is 13.2 Å². The Kier molecular flexibility index (Phi) is 7.95. The predicted molar refractivity (Wildman–Crippen MR) is 153 cm³/mol. The lowest BCUT2D eigenvalue weighted by Gasteiger charge is -2.30.